The molecule has 7 heteroatoms. The minimum Gasteiger partial charge on any atom is -0.483 e. The summed E-state index contributed by atoms with van der Waals surface area (Å²) in [5.74, 6) is 0.808. The van der Waals surface area contributed by atoms with Crippen LogP contribution in [0.1, 0.15) is 25.7 Å². The van der Waals surface area contributed by atoms with E-state index >= 15 is 0 Å². The van der Waals surface area contributed by atoms with Gasteiger partial charge in [-0.2, -0.15) is 4.98 Å². The fraction of sp³-hybridized carbons (Fsp3) is 0.318. The Bertz CT molecular complexity index is 963. The van der Waals surface area contributed by atoms with Crippen LogP contribution in [0.25, 0.3) is 22.8 Å². The molecule has 4 rings (SSSR count). The Morgan fingerprint density at radius 1 is 1.03 bits per heavy atom. The fourth-order valence-corrected chi connectivity index (χ4v) is 3.37. The van der Waals surface area contributed by atoms with Gasteiger partial charge < -0.3 is 14.2 Å². The molecule has 1 aliphatic rings. The quantitative estimate of drug-likeness (QED) is 0.643. The molecule has 3 aromatic rings. The maximum absolute atomic E-state index is 13.1. The number of amides is 1. The molecule has 1 amide bonds. The van der Waals surface area contributed by atoms with Crippen molar-refractivity contribution in [3.8, 4) is 28.6 Å². The summed E-state index contributed by atoms with van der Waals surface area (Å²) in [6.45, 7) is 1.55. The number of nitrogens with zero attached hydrogens (tertiary/aromatic N) is 3. The molecule has 1 saturated heterocycles. The third-order valence-corrected chi connectivity index (χ3v) is 4.96. The highest BCUT2D eigenvalue weighted by atomic mass is 19.1. The Labute approximate surface area is 168 Å². The normalized spacial score (nSPS) is 14.4. The van der Waals surface area contributed by atoms with E-state index in [1.807, 2.05) is 23.1 Å². The maximum Gasteiger partial charge on any atom is 0.260 e. The lowest BCUT2D eigenvalue weighted by atomic mass is 10.2. The van der Waals surface area contributed by atoms with Gasteiger partial charge in [0.05, 0.1) is 5.56 Å². The largest absolute Gasteiger partial charge is 0.483 e. The van der Waals surface area contributed by atoms with Crippen LogP contribution in [-0.2, 0) is 4.79 Å². The number of rotatable bonds is 5. The molecule has 0 atom stereocenters. The second-order valence-corrected chi connectivity index (χ2v) is 7.01. The molecule has 0 bridgehead atoms. The van der Waals surface area contributed by atoms with E-state index in [9.17, 15) is 9.18 Å². The van der Waals surface area contributed by atoms with Crippen molar-refractivity contribution in [3.63, 3.8) is 0 Å². The van der Waals surface area contributed by atoms with Crippen molar-refractivity contribution >= 4 is 5.91 Å². The first-order valence-corrected chi connectivity index (χ1v) is 9.80. The van der Waals surface area contributed by atoms with Gasteiger partial charge in [0.25, 0.3) is 11.8 Å². The molecule has 0 N–H and O–H groups in total. The zero-order valence-corrected chi connectivity index (χ0v) is 16.0. The molecule has 1 aromatic heterocycles. The predicted octanol–water partition coefficient (Wildman–Crippen LogP) is 4.32. The number of benzene rings is 2. The first-order valence-electron chi connectivity index (χ1n) is 9.80. The summed E-state index contributed by atoms with van der Waals surface area (Å²) in [5.41, 5.74) is 1.26. The van der Waals surface area contributed by atoms with E-state index in [4.69, 9.17) is 9.26 Å². The number of para-hydroxylation sites is 1. The lowest BCUT2D eigenvalue weighted by Gasteiger charge is -2.20. The molecule has 0 aliphatic carbocycles. The second-order valence-electron chi connectivity index (χ2n) is 7.01. The monoisotopic (exact) mass is 395 g/mol. The van der Waals surface area contributed by atoms with Crippen LogP contribution in [0.5, 0.6) is 5.75 Å². The minimum atomic E-state index is -0.332. The number of likely N-dealkylation sites (tertiary alicyclic amines) is 1. The van der Waals surface area contributed by atoms with Crippen LogP contribution in [0.4, 0.5) is 4.39 Å². The van der Waals surface area contributed by atoms with Gasteiger partial charge in [0.2, 0.25) is 5.82 Å². The van der Waals surface area contributed by atoms with Gasteiger partial charge in [-0.25, -0.2) is 4.39 Å². The highest BCUT2D eigenvalue weighted by Crippen LogP contribution is 2.29. The molecule has 1 aliphatic heterocycles. The van der Waals surface area contributed by atoms with Crippen LogP contribution in [-0.4, -0.2) is 40.6 Å². The number of carbonyl (C=O) groups excluding carboxylic acids is 1. The zero-order valence-electron chi connectivity index (χ0n) is 16.0. The van der Waals surface area contributed by atoms with E-state index in [1.54, 1.807) is 18.2 Å². The Kier molecular flexibility index (Phi) is 5.84. The van der Waals surface area contributed by atoms with Crippen LogP contribution in [0.2, 0.25) is 0 Å². The van der Waals surface area contributed by atoms with E-state index in [1.165, 1.54) is 25.0 Å². The fourth-order valence-electron chi connectivity index (χ4n) is 3.37. The number of hydrogen-bond donors (Lipinski definition) is 0. The summed E-state index contributed by atoms with van der Waals surface area (Å²) in [6, 6.07) is 13.1. The highest BCUT2D eigenvalue weighted by Gasteiger charge is 2.18. The molecule has 0 saturated carbocycles. The first kappa shape index (κ1) is 19.1. The topological polar surface area (TPSA) is 68.5 Å². The van der Waals surface area contributed by atoms with Gasteiger partial charge in [0, 0.05) is 18.7 Å². The standard InChI is InChI=1S/C22H22FN3O3/c23-17-11-9-16(10-12-17)22-24-21(25-29-22)18-7-3-4-8-19(18)28-15-20(27)26-13-5-1-2-6-14-26/h3-4,7-12H,1-2,5-6,13-15H2. The second kappa shape index (κ2) is 8.86. The SMILES string of the molecule is O=C(COc1ccccc1-c1noc(-c2ccc(F)cc2)n1)N1CCCCCC1. The number of carbonyl (C=O) groups is 1. The average molecular weight is 395 g/mol. The third kappa shape index (κ3) is 4.62. The van der Waals surface area contributed by atoms with Crippen LogP contribution < -0.4 is 4.74 Å². The molecular formula is C22H22FN3O3. The molecule has 2 heterocycles. The van der Waals surface area contributed by atoms with E-state index in [2.05, 4.69) is 10.1 Å². The third-order valence-electron chi connectivity index (χ3n) is 4.96. The van der Waals surface area contributed by atoms with Crippen LogP contribution in [0.3, 0.4) is 0 Å². The van der Waals surface area contributed by atoms with Gasteiger partial charge in [0.15, 0.2) is 6.61 Å². The van der Waals surface area contributed by atoms with Gasteiger partial charge in [-0.1, -0.05) is 30.1 Å². The Hall–Kier alpha value is -3.22. The highest BCUT2D eigenvalue weighted by molar-refractivity contribution is 5.78. The summed E-state index contributed by atoms with van der Waals surface area (Å²) < 4.78 is 24.3. The van der Waals surface area contributed by atoms with Crippen molar-refractivity contribution in [3.05, 3.63) is 54.3 Å². The summed E-state index contributed by atoms with van der Waals surface area (Å²) >= 11 is 0. The van der Waals surface area contributed by atoms with E-state index in [0.717, 1.165) is 25.9 Å². The van der Waals surface area contributed by atoms with Gasteiger partial charge >= 0.3 is 0 Å². The number of halogens is 1. The van der Waals surface area contributed by atoms with Gasteiger partial charge in [0.1, 0.15) is 11.6 Å². The molecule has 0 spiro atoms. The molecule has 0 unspecified atom stereocenters. The minimum absolute atomic E-state index is 0.0122. The van der Waals surface area contributed by atoms with Crippen molar-refractivity contribution in [2.24, 2.45) is 0 Å². The molecule has 150 valence electrons. The summed E-state index contributed by atoms with van der Waals surface area (Å²) in [7, 11) is 0. The molecular weight excluding hydrogens is 373 g/mol. The van der Waals surface area contributed by atoms with E-state index in [0.29, 0.717) is 22.7 Å². The van der Waals surface area contributed by atoms with E-state index < -0.39 is 0 Å². The van der Waals surface area contributed by atoms with Crippen LogP contribution >= 0.6 is 0 Å². The van der Waals surface area contributed by atoms with Gasteiger partial charge in [-0.3, -0.25) is 4.79 Å². The number of hydrogen-bond acceptors (Lipinski definition) is 5. The average Bonchev–Trinajstić information content (AvgIpc) is 3.07. The van der Waals surface area contributed by atoms with Crippen LogP contribution in [0, 0.1) is 5.82 Å². The van der Waals surface area contributed by atoms with Crippen molar-refractivity contribution in [1.29, 1.82) is 0 Å². The van der Waals surface area contributed by atoms with Crippen molar-refractivity contribution < 1.29 is 18.4 Å². The Morgan fingerprint density at radius 2 is 1.76 bits per heavy atom. The van der Waals surface area contributed by atoms with Crippen molar-refractivity contribution in [2.45, 2.75) is 25.7 Å². The Morgan fingerprint density at radius 3 is 2.52 bits per heavy atom. The van der Waals surface area contributed by atoms with Crippen molar-refractivity contribution in [1.82, 2.24) is 15.0 Å². The molecule has 6 nitrogen and oxygen atoms in total. The van der Waals surface area contributed by atoms with Gasteiger partial charge in [-0.05, 0) is 49.2 Å². The summed E-state index contributed by atoms with van der Waals surface area (Å²) in [5, 5.41) is 4.02. The van der Waals surface area contributed by atoms with E-state index in [-0.39, 0.29) is 24.2 Å². The Balaban J connectivity index is 1.48. The number of ether oxygens (including phenoxy) is 1. The molecule has 29 heavy (non-hydrogen) atoms. The molecule has 2 aromatic carbocycles. The smallest absolute Gasteiger partial charge is 0.260 e. The maximum atomic E-state index is 13.1. The van der Waals surface area contributed by atoms with Crippen LogP contribution in [0.15, 0.2) is 53.1 Å². The number of aromatic nitrogens is 2. The van der Waals surface area contributed by atoms with Gasteiger partial charge in [-0.15, -0.1) is 0 Å². The summed E-state index contributed by atoms with van der Waals surface area (Å²) in [6.07, 6.45) is 4.41. The zero-order chi connectivity index (χ0) is 20.1. The lowest BCUT2D eigenvalue weighted by Crippen LogP contribution is -2.35. The lowest BCUT2D eigenvalue weighted by molar-refractivity contribution is -0.133. The van der Waals surface area contributed by atoms with Crippen molar-refractivity contribution in [2.75, 3.05) is 19.7 Å². The molecule has 0 radical (unpaired) electrons. The first-order chi connectivity index (χ1) is 14.2. The summed E-state index contributed by atoms with van der Waals surface area (Å²) in [4.78, 5) is 18.8. The predicted molar refractivity (Wildman–Crippen MR) is 106 cm³/mol. The molecule has 1 fully saturated rings.